The van der Waals surface area contributed by atoms with Crippen LogP contribution in [0.4, 0.5) is 10.5 Å². The molecule has 2 atom stereocenters. The lowest BCUT2D eigenvalue weighted by Gasteiger charge is -2.37. The maximum Gasteiger partial charge on any atom is 0.289 e. The molecule has 3 amide bonds. The molecular formula is C19H23N3O3S. The van der Waals surface area contributed by atoms with Gasteiger partial charge in [-0.1, -0.05) is 36.7 Å². The molecule has 4 rings (SSSR count). The molecule has 138 valence electrons. The van der Waals surface area contributed by atoms with E-state index in [1.807, 2.05) is 24.3 Å². The van der Waals surface area contributed by atoms with Crippen molar-refractivity contribution in [3.8, 4) is 0 Å². The van der Waals surface area contributed by atoms with Crippen LogP contribution in [0.15, 0.2) is 24.3 Å². The molecular weight excluding hydrogens is 350 g/mol. The summed E-state index contributed by atoms with van der Waals surface area (Å²) in [5.74, 6) is 0.625. The van der Waals surface area contributed by atoms with Crippen LogP contribution < -0.4 is 10.6 Å². The summed E-state index contributed by atoms with van der Waals surface area (Å²) < 4.78 is 0. The van der Waals surface area contributed by atoms with Gasteiger partial charge in [-0.2, -0.15) is 0 Å². The molecule has 1 saturated carbocycles. The SMILES string of the molecule is O=C1CSC(=O)N1Cc1ccc(NC(=O)[C@@]23CCCC[C@H]2CNC3)cc1. The lowest BCUT2D eigenvalue weighted by Crippen LogP contribution is -2.44. The van der Waals surface area contributed by atoms with E-state index in [1.54, 1.807) is 0 Å². The fraction of sp³-hybridized carbons (Fsp3) is 0.526. The minimum atomic E-state index is -0.275. The van der Waals surface area contributed by atoms with E-state index < -0.39 is 0 Å². The molecule has 0 spiro atoms. The van der Waals surface area contributed by atoms with Crippen LogP contribution in [-0.4, -0.2) is 40.8 Å². The first-order valence-corrected chi connectivity index (χ1v) is 10.2. The summed E-state index contributed by atoms with van der Waals surface area (Å²) in [7, 11) is 0. The second kappa shape index (κ2) is 7.04. The zero-order valence-electron chi connectivity index (χ0n) is 14.6. The highest BCUT2D eigenvalue weighted by molar-refractivity contribution is 8.14. The van der Waals surface area contributed by atoms with Gasteiger partial charge in [0.05, 0.1) is 17.7 Å². The summed E-state index contributed by atoms with van der Waals surface area (Å²) in [4.78, 5) is 37.6. The van der Waals surface area contributed by atoms with E-state index in [9.17, 15) is 14.4 Å². The fourth-order valence-corrected chi connectivity index (χ4v) is 5.08. The third-order valence-corrected chi connectivity index (χ3v) is 6.74. The molecule has 1 aromatic carbocycles. The van der Waals surface area contributed by atoms with Gasteiger partial charge in [-0.15, -0.1) is 0 Å². The van der Waals surface area contributed by atoms with Crippen LogP contribution in [-0.2, 0) is 16.1 Å². The number of benzene rings is 1. The van der Waals surface area contributed by atoms with Gasteiger partial charge in [0.1, 0.15) is 0 Å². The highest BCUT2D eigenvalue weighted by Crippen LogP contribution is 2.44. The molecule has 7 heteroatoms. The molecule has 2 saturated heterocycles. The molecule has 0 aromatic heterocycles. The van der Waals surface area contributed by atoms with Crippen LogP contribution in [0.25, 0.3) is 0 Å². The zero-order chi connectivity index (χ0) is 18.1. The van der Waals surface area contributed by atoms with Gasteiger partial charge in [0.2, 0.25) is 11.8 Å². The standard InChI is InChI=1S/C19H23N3O3S/c23-16-11-26-18(25)22(16)10-13-4-6-15(7-5-13)21-17(24)19-8-2-1-3-14(19)9-20-12-19/h4-7,14,20H,1-3,8-12H2,(H,21,24)/t14-,19+/m0/s1. The van der Waals surface area contributed by atoms with Crippen LogP contribution in [0.3, 0.4) is 0 Å². The van der Waals surface area contributed by atoms with E-state index >= 15 is 0 Å². The van der Waals surface area contributed by atoms with Gasteiger partial charge >= 0.3 is 0 Å². The zero-order valence-corrected chi connectivity index (χ0v) is 15.4. The number of hydrogen-bond acceptors (Lipinski definition) is 5. The average molecular weight is 373 g/mol. The second-order valence-corrected chi connectivity index (χ2v) is 8.34. The van der Waals surface area contributed by atoms with Gasteiger partial charge in [-0.3, -0.25) is 19.3 Å². The Morgan fingerprint density at radius 1 is 1.27 bits per heavy atom. The highest BCUT2D eigenvalue weighted by Gasteiger charge is 2.49. The molecule has 0 radical (unpaired) electrons. The number of nitrogens with one attached hydrogen (secondary N) is 2. The summed E-state index contributed by atoms with van der Waals surface area (Å²) in [6, 6.07) is 7.43. The Morgan fingerprint density at radius 3 is 2.81 bits per heavy atom. The summed E-state index contributed by atoms with van der Waals surface area (Å²) in [6.45, 7) is 1.98. The first kappa shape index (κ1) is 17.5. The molecule has 3 aliphatic rings. The van der Waals surface area contributed by atoms with Gasteiger partial charge in [0.25, 0.3) is 5.24 Å². The molecule has 0 unspecified atom stereocenters. The molecule has 3 fully saturated rings. The van der Waals surface area contributed by atoms with Crippen LogP contribution >= 0.6 is 11.8 Å². The summed E-state index contributed by atoms with van der Waals surface area (Å²) in [5, 5.41) is 6.29. The topological polar surface area (TPSA) is 78.5 Å². The van der Waals surface area contributed by atoms with Crippen molar-refractivity contribution in [1.82, 2.24) is 10.2 Å². The number of rotatable bonds is 4. The van der Waals surface area contributed by atoms with Crippen molar-refractivity contribution < 1.29 is 14.4 Å². The number of hydrogen-bond donors (Lipinski definition) is 2. The van der Waals surface area contributed by atoms with Crippen molar-refractivity contribution in [2.75, 3.05) is 24.2 Å². The van der Waals surface area contributed by atoms with Crippen molar-refractivity contribution in [2.45, 2.75) is 32.2 Å². The largest absolute Gasteiger partial charge is 0.326 e. The average Bonchev–Trinajstić information content (AvgIpc) is 3.22. The predicted molar refractivity (Wildman–Crippen MR) is 101 cm³/mol. The van der Waals surface area contributed by atoms with Crippen LogP contribution in [0.5, 0.6) is 0 Å². The van der Waals surface area contributed by atoms with E-state index in [0.717, 1.165) is 55.4 Å². The van der Waals surface area contributed by atoms with Gasteiger partial charge < -0.3 is 10.6 Å². The number of carbonyl (C=O) groups excluding carboxylic acids is 3. The summed E-state index contributed by atoms with van der Waals surface area (Å²) in [6.07, 6.45) is 4.39. The number of thioether (sulfide) groups is 1. The highest BCUT2D eigenvalue weighted by atomic mass is 32.2. The Morgan fingerprint density at radius 2 is 2.08 bits per heavy atom. The first-order valence-electron chi connectivity index (χ1n) is 9.17. The summed E-state index contributed by atoms with van der Waals surface area (Å²) in [5.41, 5.74) is 1.36. The monoisotopic (exact) mass is 373 g/mol. The van der Waals surface area contributed by atoms with Crippen molar-refractivity contribution in [1.29, 1.82) is 0 Å². The quantitative estimate of drug-likeness (QED) is 0.848. The van der Waals surface area contributed by atoms with E-state index in [0.29, 0.717) is 5.92 Å². The molecule has 0 bridgehead atoms. The molecule has 1 aromatic rings. The normalized spacial score (nSPS) is 28.3. The fourth-order valence-electron chi connectivity index (χ4n) is 4.36. The molecule has 1 aliphatic carbocycles. The third-order valence-electron chi connectivity index (χ3n) is 5.88. The molecule has 2 heterocycles. The Kier molecular flexibility index (Phi) is 4.75. The third kappa shape index (κ3) is 3.14. The van der Waals surface area contributed by atoms with Crippen molar-refractivity contribution in [2.24, 2.45) is 11.3 Å². The number of nitrogens with zero attached hydrogens (tertiary/aromatic N) is 1. The van der Waals surface area contributed by atoms with E-state index in [4.69, 9.17) is 0 Å². The molecule has 2 aliphatic heterocycles. The number of imide groups is 1. The molecule has 26 heavy (non-hydrogen) atoms. The van der Waals surface area contributed by atoms with E-state index in [1.165, 1.54) is 11.3 Å². The lowest BCUT2D eigenvalue weighted by atomic mass is 9.67. The van der Waals surface area contributed by atoms with Crippen molar-refractivity contribution in [3.05, 3.63) is 29.8 Å². The summed E-state index contributed by atoms with van der Waals surface area (Å²) >= 11 is 1.04. The minimum Gasteiger partial charge on any atom is -0.326 e. The first-order chi connectivity index (χ1) is 12.6. The Hall–Kier alpha value is -1.86. The Bertz CT molecular complexity index is 720. The Balaban J connectivity index is 1.42. The minimum absolute atomic E-state index is 0.112. The van der Waals surface area contributed by atoms with Gasteiger partial charge in [-0.05, 0) is 43.0 Å². The van der Waals surface area contributed by atoms with Crippen LogP contribution in [0.2, 0.25) is 0 Å². The second-order valence-electron chi connectivity index (χ2n) is 7.42. The number of amides is 3. The van der Waals surface area contributed by atoms with E-state index in [2.05, 4.69) is 10.6 Å². The van der Waals surface area contributed by atoms with Crippen molar-refractivity contribution in [3.63, 3.8) is 0 Å². The van der Waals surface area contributed by atoms with Crippen LogP contribution in [0.1, 0.15) is 31.2 Å². The van der Waals surface area contributed by atoms with E-state index in [-0.39, 0.29) is 34.8 Å². The maximum absolute atomic E-state index is 13.0. The molecule has 6 nitrogen and oxygen atoms in total. The lowest BCUT2D eigenvalue weighted by molar-refractivity contribution is -0.128. The Labute approximate surface area is 157 Å². The predicted octanol–water partition coefficient (Wildman–Crippen LogP) is 2.60. The smallest absolute Gasteiger partial charge is 0.289 e. The van der Waals surface area contributed by atoms with Gasteiger partial charge in [-0.25, -0.2) is 0 Å². The van der Waals surface area contributed by atoms with Gasteiger partial charge in [0, 0.05) is 12.2 Å². The van der Waals surface area contributed by atoms with Crippen molar-refractivity contribution >= 4 is 34.5 Å². The van der Waals surface area contributed by atoms with Crippen LogP contribution in [0, 0.1) is 11.3 Å². The number of fused-ring (bicyclic) bond motifs is 1. The maximum atomic E-state index is 13.0. The molecule has 2 N–H and O–H groups in total. The number of anilines is 1. The number of carbonyl (C=O) groups is 3. The van der Waals surface area contributed by atoms with Gasteiger partial charge in [0.15, 0.2) is 0 Å².